The van der Waals surface area contributed by atoms with Crippen molar-refractivity contribution in [2.24, 2.45) is 0 Å². The van der Waals surface area contributed by atoms with Crippen molar-refractivity contribution < 1.29 is 4.79 Å². The number of hydrogen-bond donors (Lipinski definition) is 2. The van der Waals surface area contributed by atoms with Crippen LogP contribution in [-0.2, 0) is 0 Å². The Balaban J connectivity index is 2.43. The average Bonchev–Trinajstić information content (AvgIpc) is 2.67. The first-order valence-electron chi connectivity index (χ1n) is 4.24. The van der Waals surface area contributed by atoms with Crippen molar-refractivity contribution in [1.29, 1.82) is 0 Å². The van der Waals surface area contributed by atoms with Crippen LogP contribution in [0.15, 0.2) is 6.33 Å². The van der Waals surface area contributed by atoms with Crippen LogP contribution in [0.2, 0.25) is 0 Å². The largest absolute Gasteiger partial charge is 0.348 e. The summed E-state index contributed by atoms with van der Waals surface area (Å²) in [6, 6.07) is 0. The van der Waals surface area contributed by atoms with Gasteiger partial charge in [-0.1, -0.05) is 0 Å². The van der Waals surface area contributed by atoms with E-state index in [4.69, 9.17) is 0 Å². The van der Waals surface area contributed by atoms with Crippen LogP contribution in [0, 0.1) is 0 Å². The highest BCUT2D eigenvalue weighted by atomic mass is 32.2. The molecule has 1 amide bonds. The monoisotopic (exact) mass is 214 g/mol. The normalized spacial score (nSPS) is 11.4. The number of amides is 1. The van der Waals surface area contributed by atoms with Gasteiger partial charge in [0.15, 0.2) is 0 Å². The molecule has 0 aliphatic rings. The quantitative estimate of drug-likeness (QED) is 0.773. The van der Waals surface area contributed by atoms with E-state index in [-0.39, 0.29) is 16.5 Å². The zero-order chi connectivity index (χ0) is 10.6. The summed E-state index contributed by atoms with van der Waals surface area (Å²) in [5.41, 5.74) is 0. The molecule has 2 N–H and O–H groups in total. The Morgan fingerprint density at radius 1 is 1.71 bits per heavy atom. The van der Waals surface area contributed by atoms with E-state index in [1.54, 1.807) is 11.8 Å². The minimum atomic E-state index is -0.218. The average molecular weight is 214 g/mol. The molecule has 0 bridgehead atoms. The lowest BCUT2D eigenvalue weighted by Gasteiger charge is -2.21. The van der Waals surface area contributed by atoms with E-state index >= 15 is 0 Å². The minimum absolute atomic E-state index is 0.0374. The van der Waals surface area contributed by atoms with Crippen LogP contribution in [0.25, 0.3) is 0 Å². The van der Waals surface area contributed by atoms with E-state index in [0.29, 0.717) is 6.54 Å². The van der Waals surface area contributed by atoms with Crippen LogP contribution < -0.4 is 5.32 Å². The van der Waals surface area contributed by atoms with E-state index in [9.17, 15) is 4.79 Å². The topological polar surface area (TPSA) is 70.7 Å². The number of aromatic nitrogens is 3. The number of nitrogens with zero attached hydrogens (tertiary/aromatic N) is 2. The van der Waals surface area contributed by atoms with Crippen molar-refractivity contribution in [1.82, 2.24) is 20.5 Å². The maximum Gasteiger partial charge on any atom is 0.288 e. The third-order valence-corrected chi connectivity index (χ3v) is 3.11. The maximum atomic E-state index is 11.4. The summed E-state index contributed by atoms with van der Waals surface area (Å²) in [5, 5.41) is 8.90. The number of thioether (sulfide) groups is 1. The predicted octanol–water partition coefficient (Wildman–Crippen LogP) is 0.676. The molecule has 14 heavy (non-hydrogen) atoms. The van der Waals surface area contributed by atoms with Gasteiger partial charge in [-0.3, -0.25) is 9.89 Å². The Morgan fingerprint density at radius 3 is 2.93 bits per heavy atom. The molecule has 0 spiro atoms. The number of hydrogen-bond acceptors (Lipinski definition) is 4. The molecule has 1 rings (SSSR count). The lowest BCUT2D eigenvalue weighted by Crippen LogP contribution is -2.36. The molecule has 0 aromatic carbocycles. The highest BCUT2D eigenvalue weighted by Crippen LogP contribution is 2.19. The molecule has 0 unspecified atom stereocenters. The SMILES string of the molecule is CSC(C)(C)CNC(=O)c1ncn[nH]1. The summed E-state index contributed by atoms with van der Waals surface area (Å²) in [6.45, 7) is 4.74. The molecular formula is C8H14N4OS. The summed E-state index contributed by atoms with van der Waals surface area (Å²) in [4.78, 5) is 15.2. The van der Waals surface area contributed by atoms with E-state index in [1.165, 1.54) is 6.33 Å². The summed E-state index contributed by atoms with van der Waals surface area (Å²) >= 11 is 1.71. The number of carbonyl (C=O) groups excluding carboxylic acids is 1. The molecule has 0 radical (unpaired) electrons. The zero-order valence-corrected chi connectivity index (χ0v) is 9.31. The Bertz CT molecular complexity index is 296. The molecule has 1 heterocycles. The fourth-order valence-electron chi connectivity index (χ4n) is 0.764. The summed E-state index contributed by atoms with van der Waals surface area (Å²) < 4.78 is 0.0374. The fraction of sp³-hybridized carbons (Fsp3) is 0.625. The highest BCUT2D eigenvalue weighted by molar-refractivity contribution is 7.99. The van der Waals surface area contributed by atoms with E-state index in [0.717, 1.165) is 0 Å². The van der Waals surface area contributed by atoms with Crippen LogP contribution in [0.3, 0.4) is 0 Å². The Morgan fingerprint density at radius 2 is 2.43 bits per heavy atom. The lowest BCUT2D eigenvalue weighted by molar-refractivity contribution is 0.0941. The second-order valence-electron chi connectivity index (χ2n) is 3.48. The van der Waals surface area contributed by atoms with Crippen LogP contribution in [0.4, 0.5) is 0 Å². The van der Waals surface area contributed by atoms with E-state index < -0.39 is 0 Å². The summed E-state index contributed by atoms with van der Waals surface area (Å²) in [7, 11) is 0. The van der Waals surface area contributed by atoms with Gasteiger partial charge in [0.1, 0.15) is 6.33 Å². The van der Waals surface area contributed by atoms with Gasteiger partial charge in [-0.2, -0.15) is 16.9 Å². The van der Waals surface area contributed by atoms with Gasteiger partial charge in [0.25, 0.3) is 5.91 Å². The fourth-order valence-corrected chi connectivity index (χ4v) is 0.980. The van der Waals surface area contributed by atoms with Crippen molar-refractivity contribution in [2.45, 2.75) is 18.6 Å². The second kappa shape index (κ2) is 4.45. The van der Waals surface area contributed by atoms with Crippen LogP contribution >= 0.6 is 11.8 Å². The van der Waals surface area contributed by atoms with Gasteiger partial charge in [-0.15, -0.1) is 0 Å². The predicted molar refractivity (Wildman–Crippen MR) is 56.3 cm³/mol. The smallest absolute Gasteiger partial charge is 0.288 e. The Hall–Kier alpha value is -1.04. The van der Waals surface area contributed by atoms with Gasteiger partial charge in [0.05, 0.1) is 0 Å². The lowest BCUT2D eigenvalue weighted by atomic mass is 10.2. The molecule has 0 aliphatic carbocycles. The third kappa shape index (κ3) is 3.02. The molecule has 6 heteroatoms. The first kappa shape index (κ1) is 11.0. The molecule has 0 saturated carbocycles. The van der Waals surface area contributed by atoms with Gasteiger partial charge in [0, 0.05) is 11.3 Å². The van der Waals surface area contributed by atoms with Crippen molar-refractivity contribution in [2.75, 3.05) is 12.8 Å². The number of aromatic amines is 1. The molecule has 0 atom stereocenters. The number of nitrogens with one attached hydrogen (secondary N) is 2. The van der Waals surface area contributed by atoms with Gasteiger partial charge in [-0.05, 0) is 20.1 Å². The first-order chi connectivity index (χ1) is 6.55. The van der Waals surface area contributed by atoms with Crippen molar-refractivity contribution in [3.63, 3.8) is 0 Å². The molecule has 1 aromatic rings. The van der Waals surface area contributed by atoms with E-state index in [1.807, 2.05) is 6.26 Å². The van der Waals surface area contributed by atoms with E-state index in [2.05, 4.69) is 34.3 Å². The molecule has 0 aliphatic heterocycles. The Labute approximate surface area is 87.1 Å². The molecule has 0 saturated heterocycles. The molecule has 1 aromatic heterocycles. The standard InChI is InChI=1S/C8H14N4OS/c1-8(2,14-3)4-9-7(13)6-10-5-11-12-6/h5H,4H2,1-3H3,(H,9,13)(H,10,11,12). The summed E-state index contributed by atoms with van der Waals surface area (Å²) in [5.74, 6) is 0.0338. The number of carbonyl (C=O) groups is 1. The van der Waals surface area contributed by atoms with Crippen LogP contribution in [-0.4, -0.2) is 38.6 Å². The zero-order valence-electron chi connectivity index (χ0n) is 8.50. The van der Waals surface area contributed by atoms with Gasteiger partial charge in [-0.25, -0.2) is 4.98 Å². The second-order valence-corrected chi connectivity index (χ2v) is 4.99. The van der Waals surface area contributed by atoms with Crippen molar-refractivity contribution in [3.8, 4) is 0 Å². The maximum absolute atomic E-state index is 11.4. The van der Waals surface area contributed by atoms with Gasteiger partial charge < -0.3 is 5.32 Å². The first-order valence-corrected chi connectivity index (χ1v) is 5.46. The molecule has 0 fully saturated rings. The molecular weight excluding hydrogens is 200 g/mol. The van der Waals surface area contributed by atoms with Gasteiger partial charge >= 0.3 is 0 Å². The van der Waals surface area contributed by atoms with Crippen molar-refractivity contribution in [3.05, 3.63) is 12.2 Å². The van der Waals surface area contributed by atoms with Gasteiger partial charge in [0.2, 0.25) is 5.82 Å². The minimum Gasteiger partial charge on any atom is -0.348 e. The Kier molecular flexibility index (Phi) is 3.51. The molecule has 5 nitrogen and oxygen atoms in total. The number of H-pyrrole nitrogens is 1. The highest BCUT2D eigenvalue weighted by Gasteiger charge is 2.18. The third-order valence-electron chi connectivity index (χ3n) is 1.86. The van der Waals surface area contributed by atoms with Crippen LogP contribution in [0.5, 0.6) is 0 Å². The molecule has 78 valence electrons. The number of rotatable bonds is 4. The van der Waals surface area contributed by atoms with Crippen LogP contribution in [0.1, 0.15) is 24.5 Å². The summed E-state index contributed by atoms with van der Waals surface area (Å²) in [6.07, 6.45) is 3.33. The van der Waals surface area contributed by atoms with Crippen molar-refractivity contribution >= 4 is 17.7 Å².